The van der Waals surface area contributed by atoms with Crippen LogP contribution in [0.2, 0.25) is 0 Å². The molecule has 0 bridgehead atoms. The smallest absolute Gasteiger partial charge is 0.222 e. The zero-order valence-electron chi connectivity index (χ0n) is 22.4. The lowest BCUT2D eigenvalue weighted by atomic mass is 10.1. The van der Waals surface area contributed by atoms with E-state index in [4.69, 9.17) is 15.6 Å². The quantitative estimate of drug-likeness (QED) is 0.194. The number of benzene rings is 2. The number of aliphatic hydroxyl groups is 1. The number of nitrogens with zero attached hydrogens (tertiary/aromatic N) is 3. The van der Waals surface area contributed by atoms with E-state index in [1.165, 1.54) is 5.56 Å². The molecule has 0 atom stereocenters. The minimum absolute atomic E-state index is 0.250. The van der Waals surface area contributed by atoms with Crippen molar-refractivity contribution in [2.24, 2.45) is 0 Å². The van der Waals surface area contributed by atoms with Crippen LogP contribution in [-0.4, -0.2) is 58.5 Å². The number of aliphatic hydroxyl groups excluding tert-OH is 1. The molecular formula is C28H40N6O2S. The summed E-state index contributed by atoms with van der Waals surface area (Å²) in [5, 5.41) is 15.7. The van der Waals surface area contributed by atoms with Crippen LogP contribution < -0.4 is 21.1 Å². The third kappa shape index (κ3) is 7.28. The highest BCUT2D eigenvalue weighted by molar-refractivity contribution is 7.98. The minimum Gasteiger partial charge on any atom is -0.496 e. The van der Waals surface area contributed by atoms with E-state index in [1.807, 2.05) is 17.8 Å². The number of rotatable bonds is 12. The van der Waals surface area contributed by atoms with Crippen LogP contribution in [0.1, 0.15) is 37.8 Å². The Morgan fingerprint density at radius 2 is 1.89 bits per heavy atom. The fraction of sp³-hybridized carbons (Fsp3) is 0.429. The molecular weight excluding hydrogens is 484 g/mol. The lowest BCUT2D eigenvalue weighted by Gasteiger charge is -2.15. The molecule has 2 aromatic heterocycles. The van der Waals surface area contributed by atoms with Gasteiger partial charge in [-0.3, -0.25) is 0 Å². The van der Waals surface area contributed by atoms with Crippen molar-refractivity contribution in [3.63, 3.8) is 0 Å². The zero-order chi connectivity index (χ0) is 26.6. The maximum atomic E-state index is 7.57. The molecule has 0 aliphatic rings. The van der Waals surface area contributed by atoms with Gasteiger partial charge in [-0.25, -0.2) is 4.98 Å². The van der Waals surface area contributed by atoms with Crippen LogP contribution >= 0.6 is 11.8 Å². The Bertz CT molecular complexity index is 1280. The summed E-state index contributed by atoms with van der Waals surface area (Å²) in [7, 11) is 1.72. The first-order valence-electron chi connectivity index (χ1n) is 12.8. The summed E-state index contributed by atoms with van der Waals surface area (Å²) in [6.07, 6.45) is 4.29. The van der Waals surface area contributed by atoms with Gasteiger partial charge in [-0.15, -0.1) is 0 Å². The first-order valence-corrected chi connectivity index (χ1v) is 14.2. The molecule has 2 heterocycles. The Hall–Kier alpha value is -3.01. The molecule has 0 saturated heterocycles. The molecule has 0 unspecified atom stereocenters. The number of methoxy groups -OCH3 is 1. The van der Waals surface area contributed by atoms with Crippen LogP contribution in [0.4, 0.5) is 11.8 Å². The second-order valence-corrected chi connectivity index (χ2v) is 9.63. The van der Waals surface area contributed by atoms with Gasteiger partial charge in [0.25, 0.3) is 0 Å². The van der Waals surface area contributed by atoms with Gasteiger partial charge in [0.15, 0.2) is 5.82 Å². The number of hydrogen-bond donors (Lipinski definition) is 4. The van der Waals surface area contributed by atoms with Crippen LogP contribution in [-0.2, 0) is 13.1 Å². The van der Waals surface area contributed by atoms with Gasteiger partial charge in [0, 0.05) is 42.9 Å². The highest BCUT2D eigenvalue weighted by atomic mass is 32.2. The van der Waals surface area contributed by atoms with Crippen molar-refractivity contribution < 1.29 is 9.84 Å². The molecule has 8 nitrogen and oxygen atoms in total. The number of hydrogen-bond acceptors (Lipinski definition) is 8. The van der Waals surface area contributed by atoms with E-state index in [9.17, 15) is 0 Å². The first-order chi connectivity index (χ1) is 18.1. The minimum atomic E-state index is 0.250. The molecule has 4 aromatic rings. The maximum Gasteiger partial charge on any atom is 0.222 e. The molecule has 200 valence electrons. The number of nitrogen functional groups attached to an aromatic ring is 1. The fourth-order valence-electron chi connectivity index (χ4n) is 4.26. The normalized spacial score (nSPS) is 10.9. The van der Waals surface area contributed by atoms with Crippen LogP contribution in [0.5, 0.6) is 5.75 Å². The van der Waals surface area contributed by atoms with E-state index in [0.717, 1.165) is 77.3 Å². The van der Waals surface area contributed by atoms with E-state index in [1.54, 1.807) is 14.0 Å². The molecule has 0 saturated carbocycles. The number of aromatic nitrogens is 3. The number of fused-ring (bicyclic) bond motifs is 3. The molecule has 4 rings (SSSR count). The van der Waals surface area contributed by atoms with E-state index < -0.39 is 0 Å². The van der Waals surface area contributed by atoms with Crippen molar-refractivity contribution in [2.45, 2.75) is 39.8 Å². The van der Waals surface area contributed by atoms with E-state index in [2.05, 4.69) is 74.7 Å². The molecule has 9 heteroatoms. The monoisotopic (exact) mass is 524 g/mol. The van der Waals surface area contributed by atoms with Crippen molar-refractivity contribution in [1.29, 1.82) is 0 Å². The lowest BCUT2D eigenvalue weighted by molar-refractivity contribution is 0.318. The maximum absolute atomic E-state index is 7.57. The Labute approximate surface area is 224 Å². The number of nitrogens with one attached hydrogen (secondary N) is 2. The number of unbranched alkanes of at least 4 members (excludes halogenated alkanes) is 1. The van der Waals surface area contributed by atoms with Crippen LogP contribution in [0.3, 0.4) is 0 Å². The topological polar surface area (TPSA) is 110 Å². The fourth-order valence-corrected chi connectivity index (χ4v) is 4.61. The molecule has 0 aliphatic heterocycles. The average Bonchev–Trinajstić information content (AvgIpc) is 3.21. The summed E-state index contributed by atoms with van der Waals surface area (Å²) in [4.78, 5) is 9.22. The molecule has 0 spiro atoms. The van der Waals surface area contributed by atoms with Gasteiger partial charge < -0.3 is 30.8 Å². The van der Waals surface area contributed by atoms with Gasteiger partial charge in [-0.05, 0) is 43.4 Å². The van der Waals surface area contributed by atoms with Gasteiger partial charge in [0.1, 0.15) is 16.8 Å². The van der Waals surface area contributed by atoms with Crippen molar-refractivity contribution >= 4 is 45.5 Å². The van der Waals surface area contributed by atoms with Crippen molar-refractivity contribution in [1.82, 2.24) is 19.9 Å². The molecule has 0 aliphatic carbocycles. The molecule has 37 heavy (non-hydrogen) atoms. The zero-order valence-corrected chi connectivity index (χ0v) is 23.2. The van der Waals surface area contributed by atoms with Gasteiger partial charge >= 0.3 is 0 Å². The summed E-state index contributed by atoms with van der Waals surface area (Å²) in [6, 6.07) is 14.7. The molecule has 5 N–H and O–H groups in total. The molecule has 0 amide bonds. The highest BCUT2D eigenvalue weighted by Gasteiger charge is 2.19. The summed E-state index contributed by atoms with van der Waals surface area (Å²) in [5.74, 6) is 3.03. The number of ether oxygens (including phenoxy) is 1. The Balaban J connectivity index is 0.00000121. The SMILES string of the molecule is CCCCNc1nc(N)nc2c3ccccc3n(Cc3cc(CNCCSC)ccc3OC)c12.CCO. The third-order valence-electron chi connectivity index (χ3n) is 5.93. The van der Waals surface area contributed by atoms with Gasteiger partial charge in [0.2, 0.25) is 5.95 Å². The molecule has 0 fully saturated rings. The third-order valence-corrected chi connectivity index (χ3v) is 6.54. The summed E-state index contributed by atoms with van der Waals surface area (Å²) in [6.45, 7) is 7.40. The summed E-state index contributed by atoms with van der Waals surface area (Å²) in [5.41, 5.74) is 11.4. The Morgan fingerprint density at radius 3 is 2.62 bits per heavy atom. The van der Waals surface area contributed by atoms with Crippen molar-refractivity contribution in [3.8, 4) is 5.75 Å². The van der Waals surface area contributed by atoms with Gasteiger partial charge in [-0.2, -0.15) is 16.7 Å². The van der Waals surface area contributed by atoms with Crippen LogP contribution in [0, 0.1) is 0 Å². The number of thioether (sulfide) groups is 1. The van der Waals surface area contributed by atoms with Crippen molar-refractivity contribution in [3.05, 3.63) is 53.6 Å². The summed E-state index contributed by atoms with van der Waals surface area (Å²) < 4.78 is 8.02. The average molecular weight is 525 g/mol. The lowest BCUT2D eigenvalue weighted by Crippen LogP contribution is -2.16. The van der Waals surface area contributed by atoms with E-state index in [-0.39, 0.29) is 12.6 Å². The predicted octanol–water partition coefficient (Wildman–Crippen LogP) is 4.89. The van der Waals surface area contributed by atoms with Gasteiger partial charge in [-0.1, -0.05) is 37.6 Å². The number of para-hydroxylation sites is 1. The van der Waals surface area contributed by atoms with E-state index >= 15 is 0 Å². The second kappa shape index (κ2) is 14.7. The van der Waals surface area contributed by atoms with Crippen molar-refractivity contribution in [2.75, 3.05) is 49.9 Å². The standard InChI is InChI=1S/C26H34N6OS.C2H6O/c1-4-5-12-29-25-24-23(30-26(27)31-25)20-8-6-7-9-21(20)32(24)17-19-15-18(10-11-22(19)33-2)16-28-13-14-34-3;1-2-3/h6-11,15,28H,4-5,12-14,16-17H2,1-3H3,(H3,27,29,30,31);3H,2H2,1H3. The number of nitrogens with two attached hydrogens (primary N) is 1. The highest BCUT2D eigenvalue weighted by Crippen LogP contribution is 2.34. The molecule has 0 radical (unpaired) electrons. The van der Waals surface area contributed by atoms with Crippen LogP contribution in [0.15, 0.2) is 42.5 Å². The van der Waals surface area contributed by atoms with Crippen LogP contribution in [0.25, 0.3) is 21.9 Å². The largest absolute Gasteiger partial charge is 0.496 e. The number of anilines is 2. The Morgan fingerprint density at radius 1 is 1.11 bits per heavy atom. The predicted molar refractivity (Wildman–Crippen MR) is 158 cm³/mol. The summed E-state index contributed by atoms with van der Waals surface area (Å²) >= 11 is 1.85. The molecule has 2 aromatic carbocycles. The van der Waals surface area contributed by atoms with E-state index in [0.29, 0.717) is 6.54 Å². The first kappa shape index (κ1) is 28.6. The second-order valence-electron chi connectivity index (χ2n) is 8.64. The Kier molecular flexibility index (Phi) is 11.3. The van der Waals surface area contributed by atoms with Gasteiger partial charge in [0.05, 0.1) is 19.2 Å².